The molecule has 0 aliphatic carbocycles. The number of benzene rings is 4. The highest BCUT2D eigenvalue weighted by atomic mass is 19.1. The molecule has 0 amide bonds. The molecule has 0 atom stereocenters. The Labute approximate surface area is 187 Å². The van der Waals surface area contributed by atoms with Gasteiger partial charge in [-0.05, 0) is 59.2 Å². The van der Waals surface area contributed by atoms with E-state index in [4.69, 9.17) is 9.47 Å². The summed E-state index contributed by atoms with van der Waals surface area (Å²) in [4.78, 5) is 0. The molecule has 0 aliphatic rings. The van der Waals surface area contributed by atoms with Crippen molar-refractivity contribution in [3.63, 3.8) is 0 Å². The van der Waals surface area contributed by atoms with Crippen LogP contribution in [0.1, 0.15) is 23.6 Å². The van der Waals surface area contributed by atoms with Crippen LogP contribution in [-0.2, 0) is 6.61 Å². The maximum Gasteiger partial charge on any atom is 0.161 e. The molecule has 0 N–H and O–H groups in total. The molecule has 0 heterocycles. The van der Waals surface area contributed by atoms with E-state index in [0.717, 1.165) is 21.9 Å². The Morgan fingerprint density at radius 3 is 2.44 bits per heavy atom. The molecule has 4 rings (SSSR count). The first-order valence-electron chi connectivity index (χ1n) is 10.4. The third-order valence-electron chi connectivity index (χ3n) is 5.10. The number of nitrogens with zero attached hydrogens (tertiary/aromatic N) is 1. The van der Waals surface area contributed by atoms with Crippen LogP contribution in [0.2, 0.25) is 0 Å². The molecule has 4 aromatic rings. The van der Waals surface area contributed by atoms with Crippen molar-refractivity contribution in [2.75, 3.05) is 6.61 Å². The highest BCUT2D eigenvalue weighted by Gasteiger charge is 2.10. The Morgan fingerprint density at radius 1 is 0.875 bits per heavy atom. The number of nitriles is 1. The van der Waals surface area contributed by atoms with E-state index in [0.29, 0.717) is 29.2 Å². The van der Waals surface area contributed by atoms with Crippen LogP contribution in [0.25, 0.3) is 22.4 Å². The molecule has 0 spiro atoms. The fourth-order valence-electron chi connectivity index (χ4n) is 3.48. The van der Waals surface area contributed by atoms with Crippen LogP contribution in [0.5, 0.6) is 11.5 Å². The first kappa shape index (κ1) is 21.1. The number of fused-ring (bicyclic) bond motifs is 1. The summed E-state index contributed by atoms with van der Waals surface area (Å²) >= 11 is 0. The van der Waals surface area contributed by atoms with E-state index in [2.05, 4.69) is 6.07 Å². The standard InChI is InChI=1S/C28H22FNO2/c1-2-31-28-16-20(11-14-27(28)32-19-24-9-5-6-10-26(24)29)15-25(18-30)23-13-12-21-7-3-4-8-22(21)17-23/h3-17H,2,19H2,1H3/b25-15-. The van der Waals surface area contributed by atoms with E-state index in [1.165, 1.54) is 6.07 Å². The van der Waals surface area contributed by atoms with Gasteiger partial charge in [0.25, 0.3) is 0 Å². The largest absolute Gasteiger partial charge is 0.490 e. The second-order valence-electron chi connectivity index (χ2n) is 7.25. The zero-order chi connectivity index (χ0) is 22.3. The highest BCUT2D eigenvalue weighted by molar-refractivity contribution is 5.94. The van der Waals surface area contributed by atoms with Gasteiger partial charge in [-0.15, -0.1) is 0 Å². The molecule has 0 saturated carbocycles. The number of rotatable bonds is 7. The monoisotopic (exact) mass is 423 g/mol. The number of allylic oxidation sites excluding steroid dienone is 1. The lowest BCUT2D eigenvalue weighted by Gasteiger charge is -2.13. The summed E-state index contributed by atoms with van der Waals surface area (Å²) in [7, 11) is 0. The molecule has 0 radical (unpaired) electrons. The molecule has 0 bridgehead atoms. The molecule has 0 saturated heterocycles. The fraction of sp³-hybridized carbons (Fsp3) is 0.107. The van der Waals surface area contributed by atoms with E-state index < -0.39 is 0 Å². The van der Waals surface area contributed by atoms with Gasteiger partial charge in [0.15, 0.2) is 11.5 Å². The van der Waals surface area contributed by atoms with Gasteiger partial charge in [0.2, 0.25) is 0 Å². The molecular weight excluding hydrogens is 401 g/mol. The van der Waals surface area contributed by atoms with Crippen LogP contribution < -0.4 is 9.47 Å². The highest BCUT2D eigenvalue weighted by Crippen LogP contribution is 2.31. The van der Waals surface area contributed by atoms with Gasteiger partial charge >= 0.3 is 0 Å². The average Bonchev–Trinajstić information content (AvgIpc) is 2.83. The maximum atomic E-state index is 13.9. The van der Waals surface area contributed by atoms with Crippen LogP contribution >= 0.6 is 0 Å². The van der Waals surface area contributed by atoms with Gasteiger partial charge in [-0.2, -0.15) is 5.26 Å². The zero-order valence-electron chi connectivity index (χ0n) is 17.7. The Bertz CT molecular complexity index is 1320. The minimum absolute atomic E-state index is 0.0997. The average molecular weight is 423 g/mol. The van der Waals surface area contributed by atoms with Crippen molar-refractivity contribution in [3.8, 4) is 17.6 Å². The molecule has 0 aromatic heterocycles. The first-order chi connectivity index (χ1) is 15.7. The summed E-state index contributed by atoms with van der Waals surface area (Å²) in [6, 6.07) is 28.3. The van der Waals surface area contributed by atoms with Gasteiger partial charge in [-0.3, -0.25) is 0 Å². The minimum atomic E-state index is -0.306. The molecule has 158 valence electrons. The zero-order valence-corrected chi connectivity index (χ0v) is 17.7. The summed E-state index contributed by atoms with van der Waals surface area (Å²) in [5.74, 6) is 0.768. The van der Waals surface area contributed by atoms with Crippen molar-refractivity contribution < 1.29 is 13.9 Å². The summed E-state index contributed by atoms with van der Waals surface area (Å²) < 4.78 is 25.5. The SMILES string of the molecule is CCOc1cc(/C=C(/C#N)c2ccc3ccccc3c2)ccc1OCc1ccccc1F. The molecule has 0 fully saturated rings. The van der Waals surface area contributed by atoms with Crippen molar-refractivity contribution in [1.82, 2.24) is 0 Å². The predicted molar refractivity (Wildman–Crippen MR) is 126 cm³/mol. The van der Waals surface area contributed by atoms with Crippen molar-refractivity contribution >= 4 is 22.4 Å². The van der Waals surface area contributed by atoms with E-state index in [1.54, 1.807) is 24.3 Å². The van der Waals surface area contributed by atoms with Gasteiger partial charge in [0, 0.05) is 5.56 Å². The third kappa shape index (κ3) is 4.79. The Morgan fingerprint density at radius 2 is 1.66 bits per heavy atom. The first-order valence-corrected chi connectivity index (χ1v) is 10.4. The molecule has 32 heavy (non-hydrogen) atoms. The number of hydrogen-bond acceptors (Lipinski definition) is 3. The Hall–Kier alpha value is -4.10. The van der Waals surface area contributed by atoms with Crippen molar-refractivity contribution in [2.45, 2.75) is 13.5 Å². The second-order valence-corrected chi connectivity index (χ2v) is 7.25. The second kappa shape index (κ2) is 9.80. The number of halogens is 1. The normalized spacial score (nSPS) is 11.2. The maximum absolute atomic E-state index is 13.9. The summed E-state index contributed by atoms with van der Waals surface area (Å²) in [5.41, 5.74) is 2.70. The molecule has 4 heteroatoms. The van der Waals surface area contributed by atoms with Gasteiger partial charge < -0.3 is 9.47 Å². The van der Waals surface area contributed by atoms with Crippen molar-refractivity contribution in [1.29, 1.82) is 5.26 Å². The molecule has 4 aromatic carbocycles. The van der Waals surface area contributed by atoms with Gasteiger partial charge in [0.05, 0.1) is 18.2 Å². The quantitative estimate of drug-likeness (QED) is 0.237. The van der Waals surface area contributed by atoms with Crippen LogP contribution in [0.3, 0.4) is 0 Å². The van der Waals surface area contributed by atoms with Gasteiger partial charge in [-0.1, -0.05) is 60.7 Å². The van der Waals surface area contributed by atoms with E-state index in [1.807, 2.05) is 67.6 Å². The van der Waals surface area contributed by atoms with Crippen molar-refractivity contribution in [2.24, 2.45) is 0 Å². The van der Waals surface area contributed by atoms with Gasteiger partial charge in [0.1, 0.15) is 12.4 Å². The minimum Gasteiger partial charge on any atom is -0.490 e. The summed E-state index contributed by atoms with van der Waals surface area (Å²) in [6.45, 7) is 2.44. The fourth-order valence-corrected chi connectivity index (χ4v) is 3.48. The van der Waals surface area contributed by atoms with E-state index >= 15 is 0 Å². The predicted octanol–water partition coefficient (Wildman–Crippen LogP) is 7.02. The number of ether oxygens (including phenoxy) is 2. The third-order valence-corrected chi connectivity index (χ3v) is 5.10. The summed E-state index contributed by atoms with van der Waals surface area (Å²) in [6.07, 6.45) is 1.83. The van der Waals surface area contributed by atoms with Gasteiger partial charge in [-0.25, -0.2) is 4.39 Å². The lowest BCUT2D eigenvalue weighted by atomic mass is 10.00. The van der Waals surface area contributed by atoms with Crippen molar-refractivity contribution in [3.05, 3.63) is 107 Å². The number of hydrogen-bond donors (Lipinski definition) is 0. The molecule has 0 aliphatic heterocycles. The topological polar surface area (TPSA) is 42.2 Å². The van der Waals surface area contributed by atoms with Crippen LogP contribution in [0.15, 0.2) is 84.9 Å². The van der Waals surface area contributed by atoms with Crippen LogP contribution in [0, 0.1) is 17.1 Å². The summed E-state index contributed by atoms with van der Waals surface area (Å²) in [5, 5.41) is 12.0. The lowest BCUT2D eigenvalue weighted by Crippen LogP contribution is -2.01. The molecular formula is C28H22FNO2. The Balaban J connectivity index is 1.62. The lowest BCUT2D eigenvalue weighted by molar-refractivity contribution is 0.266. The van der Waals surface area contributed by atoms with E-state index in [9.17, 15) is 9.65 Å². The Kier molecular flexibility index (Phi) is 6.48. The van der Waals surface area contributed by atoms with E-state index in [-0.39, 0.29) is 12.4 Å². The smallest absolute Gasteiger partial charge is 0.161 e. The van der Waals surface area contributed by atoms with Crippen LogP contribution in [-0.4, -0.2) is 6.61 Å². The molecule has 3 nitrogen and oxygen atoms in total. The van der Waals surface area contributed by atoms with Crippen LogP contribution in [0.4, 0.5) is 4.39 Å². The molecule has 0 unspecified atom stereocenters.